The summed E-state index contributed by atoms with van der Waals surface area (Å²) in [4.78, 5) is 0. The summed E-state index contributed by atoms with van der Waals surface area (Å²) in [6, 6.07) is 12.0. The highest BCUT2D eigenvalue weighted by Crippen LogP contribution is 2.29. The van der Waals surface area contributed by atoms with E-state index in [4.69, 9.17) is 11.6 Å². The van der Waals surface area contributed by atoms with E-state index in [1.807, 2.05) is 38.1 Å². The Bertz CT molecular complexity index is 517. The van der Waals surface area contributed by atoms with Gasteiger partial charge in [-0.25, -0.2) is 0 Å². The van der Waals surface area contributed by atoms with Gasteiger partial charge in [0.15, 0.2) is 0 Å². The van der Waals surface area contributed by atoms with Gasteiger partial charge in [0.1, 0.15) is 0 Å². The molecule has 2 aromatic carbocycles. The minimum atomic E-state index is -0.229. The molecule has 0 fully saturated rings. The van der Waals surface area contributed by atoms with E-state index in [0.29, 0.717) is 0 Å². The smallest absolute Gasteiger partial charge is 0.0522 e. The second kappa shape index (κ2) is 4.08. The summed E-state index contributed by atoms with van der Waals surface area (Å²) in [5, 5.41) is 12.3. The van der Waals surface area contributed by atoms with Gasteiger partial charge >= 0.3 is 0 Å². The monoisotopic (exact) mass is 234 g/mol. The third kappa shape index (κ3) is 1.93. The van der Waals surface area contributed by atoms with Crippen LogP contribution in [0.3, 0.4) is 0 Å². The van der Waals surface area contributed by atoms with Gasteiger partial charge < -0.3 is 5.11 Å². The summed E-state index contributed by atoms with van der Waals surface area (Å²) in [6.07, 6.45) is 0. The van der Waals surface area contributed by atoms with E-state index in [0.717, 1.165) is 21.4 Å². The number of hydrogen-bond acceptors (Lipinski definition) is 1. The average molecular weight is 235 g/mol. The molecule has 0 heterocycles. The molecule has 0 bridgehead atoms. The molecule has 0 saturated heterocycles. The van der Waals surface area contributed by atoms with Crippen LogP contribution < -0.4 is 0 Å². The third-order valence-corrected chi connectivity index (χ3v) is 3.34. The Morgan fingerprint density at radius 1 is 1.19 bits per heavy atom. The van der Waals surface area contributed by atoms with Gasteiger partial charge in [0.05, 0.1) is 6.61 Å². The molecule has 0 unspecified atom stereocenters. The van der Waals surface area contributed by atoms with Crippen molar-refractivity contribution in [2.24, 2.45) is 0 Å². The molecule has 2 heteroatoms. The Hall–Kier alpha value is -1.05. The van der Waals surface area contributed by atoms with Crippen LogP contribution in [0.4, 0.5) is 0 Å². The van der Waals surface area contributed by atoms with Gasteiger partial charge in [-0.05, 0) is 23.1 Å². The number of halogens is 1. The minimum absolute atomic E-state index is 0.128. The maximum atomic E-state index is 9.36. The van der Waals surface area contributed by atoms with Crippen LogP contribution in [0.5, 0.6) is 0 Å². The van der Waals surface area contributed by atoms with Gasteiger partial charge in [-0.1, -0.05) is 49.7 Å². The highest BCUT2D eigenvalue weighted by molar-refractivity contribution is 6.35. The summed E-state index contributed by atoms with van der Waals surface area (Å²) in [6.45, 7) is 4.17. The van der Waals surface area contributed by atoms with Crippen molar-refractivity contribution in [2.75, 3.05) is 6.61 Å². The van der Waals surface area contributed by atoms with Crippen molar-refractivity contribution in [1.29, 1.82) is 0 Å². The lowest BCUT2D eigenvalue weighted by Gasteiger charge is -2.22. The van der Waals surface area contributed by atoms with Gasteiger partial charge in [0.25, 0.3) is 0 Å². The number of aliphatic hydroxyl groups is 1. The van der Waals surface area contributed by atoms with Crippen molar-refractivity contribution in [3.8, 4) is 0 Å². The quantitative estimate of drug-likeness (QED) is 0.839. The molecule has 16 heavy (non-hydrogen) atoms. The normalized spacial score (nSPS) is 12.0. The van der Waals surface area contributed by atoms with Crippen molar-refractivity contribution in [2.45, 2.75) is 19.3 Å². The number of fused-ring (bicyclic) bond motifs is 1. The largest absolute Gasteiger partial charge is 0.395 e. The Morgan fingerprint density at radius 2 is 1.94 bits per heavy atom. The fraction of sp³-hybridized carbons (Fsp3) is 0.286. The lowest BCUT2D eigenvalue weighted by atomic mass is 9.84. The summed E-state index contributed by atoms with van der Waals surface area (Å²) in [5.74, 6) is 0. The molecule has 1 N–H and O–H groups in total. The zero-order valence-electron chi connectivity index (χ0n) is 9.50. The van der Waals surface area contributed by atoms with Gasteiger partial charge in [0, 0.05) is 15.8 Å². The van der Waals surface area contributed by atoms with Crippen LogP contribution >= 0.6 is 11.6 Å². The Labute approximate surface area is 101 Å². The molecule has 0 spiro atoms. The van der Waals surface area contributed by atoms with Crippen molar-refractivity contribution in [3.63, 3.8) is 0 Å². The van der Waals surface area contributed by atoms with Gasteiger partial charge in [-0.2, -0.15) is 0 Å². The molecule has 0 aliphatic rings. The predicted octanol–water partition coefficient (Wildman–Crippen LogP) is 3.76. The van der Waals surface area contributed by atoms with E-state index in [1.54, 1.807) is 0 Å². The first-order chi connectivity index (χ1) is 7.54. The Kier molecular flexibility index (Phi) is 2.92. The van der Waals surface area contributed by atoms with Crippen molar-refractivity contribution >= 4 is 22.4 Å². The first-order valence-electron chi connectivity index (χ1n) is 5.34. The molecule has 0 radical (unpaired) electrons. The molecule has 2 rings (SSSR count). The molecule has 0 aliphatic heterocycles. The number of benzene rings is 2. The lowest BCUT2D eigenvalue weighted by Crippen LogP contribution is -2.21. The number of rotatable bonds is 2. The van der Waals surface area contributed by atoms with Crippen molar-refractivity contribution < 1.29 is 5.11 Å². The van der Waals surface area contributed by atoms with Gasteiger partial charge in [0.2, 0.25) is 0 Å². The maximum absolute atomic E-state index is 9.36. The lowest BCUT2D eigenvalue weighted by molar-refractivity contribution is 0.218. The fourth-order valence-corrected chi connectivity index (χ4v) is 1.98. The minimum Gasteiger partial charge on any atom is -0.395 e. The van der Waals surface area contributed by atoms with E-state index in [9.17, 15) is 5.11 Å². The van der Waals surface area contributed by atoms with E-state index in [2.05, 4.69) is 12.1 Å². The van der Waals surface area contributed by atoms with Gasteiger partial charge in [-0.3, -0.25) is 0 Å². The van der Waals surface area contributed by atoms with Crippen LogP contribution in [-0.4, -0.2) is 11.7 Å². The molecule has 0 aliphatic carbocycles. The summed E-state index contributed by atoms with van der Waals surface area (Å²) in [5.41, 5.74) is 0.878. The molecule has 0 saturated carbocycles. The van der Waals surface area contributed by atoms with E-state index < -0.39 is 0 Å². The fourth-order valence-electron chi connectivity index (χ4n) is 1.75. The Morgan fingerprint density at radius 3 is 2.62 bits per heavy atom. The summed E-state index contributed by atoms with van der Waals surface area (Å²) < 4.78 is 0. The van der Waals surface area contributed by atoms with Crippen molar-refractivity contribution in [3.05, 3.63) is 47.0 Å². The molecule has 1 nitrogen and oxygen atoms in total. The molecule has 0 amide bonds. The SMILES string of the molecule is CC(C)(CO)c1ccc2cccc(Cl)c2c1. The zero-order chi connectivity index (χ0) is 11.8. The molecular formula is C14H15ClO. The van der Waals surface area contributed by atoms with Crippen LogP contribution in [0.1, 0.15) is 19.4 Å². The highest BCUT2D eigenvalue weighted by Gasteiger charge is 2.19. The predicted molar refractivity (Wildman–Crippen MR) is 69.1 cm³/mol. The first-order valence-corrected chi connectivity index (χ1v) is 5.72. The van der Waals surface area contributed by atoms with E-state index >= 15 is 0 Å². The van der Waals surface area contributed by atoms with Crippen LogP contribution in [0.15, 0.2) is 36.4 Å². The standard InChI is InChI=1S/C14H15ClO/c1-14(2,9-16)11-7-6-10-4-3-5-13(15)12(10)8-11/h3-8,16H,9H2,1-2H3. The topological polar surface area (TPSA) is 20.2 Å². The average Bonchev–Trinajstić information content (AvgIpc) is 2.29. The number of aliphatic hydroxyl groups excluding tert-OH is 1. The second-order valence-corrected chi connectivity index (χ2v) is 5.12. The second-order valence-electron chi connectivity index (χ2n) is 4.72. The molecular weight excluding hydrogens is 220 g/mol. The van der Waals surface area contributed by atoms with E-state index in [-0.39, 0.29) is 12.0 Å². The van der Waals surface area contributed by atoms with Crippen LogP contribution in [0, 0.1) is 0 Å². The maximum Gasteiger partial charge on any atom is 0.0522 e. The van der Waals surface area contributed by atoms with Crippen LogP contribution in [0.2, 0.25) is 5.02 Å². The van der Waals surface area contributed by atoms with E-state index in [1.165, 1.54) is 0 Å². The number of hydrogen-bond donors (Lipinski definition) is 1. The zero-order valence-corrected chi connectivity index (χ0v) is 10.3. The molecule has 84 valence electrons. The summed E-state index contributed by atoms with van der Waals surface area (Å²) >= 11 is 6.16. The summed E-state index contributed by atoms with van der Waals surface area (Å²) in [7, 11) is 0. The molecule has 0 atom stereocenters. The van der Waals surface area contributed by atoms with Crippen LogP contribution in [-0.2, 0) is 5.41 Å². The highest BCUT2D eigenvalue weighted by atomic mass is 35.5. The van der Waals surface area contributed by atoms with Crippen LogP contribution in [0.25, 0.3) is 10.8 Å². The first kappa shape index (κ1) is 11.4. The Balaban J connectivity index is 2.64. The third-order valence-electron chi connectivity index (χ3n) is 3.01. The van der Waals surface area contributed by atoms with Gasteiger partial charge in [-0.15, -0.1) is 0 Å². The molecule has 2 aromatic rings. The molecule has 0 aromatic heterocycles. The van der Waals surface area contributed by atoms with Crippen molar-refractivity contribution in [1.82, 2.24) is 0 Å².